The Balaban J connectivity index is 2.64. The third-order valence-electron chi connectivity index (χ3n) is 1.73. The predicted octanol–water partition coefficient (Wildman–Crippen LogP) is 4.32. The smallest absolute Gasteiger partial charge is 0.0479 e. The van der Waals surface area contributed by atoms with Gasteiger partial charge in [-0.3, -0.25) is 0 Å². The van der Waals surface area contributed by atoms with Gasteiger partial charge in [0.2, 0.25) is 0 Å². The van der Waals surface area contributed by atoms with Gasteiger partial charge in [-0.05, 0) is 54.6 Å². The summed E-state index contributed by atoms with van der Waals surface area (Å²) in [6, 6.07) is 5.85. The lowest BCUT2D eigenvalue weighted by atomic mass is 10.3. The second-order valence-electron chi connectivity index (χ2n) is 3.29. The second-order valence-corrected chi connectivity index (χ2v) is 4.89. The molecule has 76 valence electrons. The molecule has 0 spiro atoms. The molecule has 0 atom stereocenters. The summed E-state index contributed by atoms with van der Waals surface area (Å²) in [6.07, 6.45) is 2.16. The van der Waals surface area contributed by atoms with Crippen LogP contribution in [0, 0.1) is 3.57 Å². The van der Waals surface area contributed by atoms with Crippen molar-refractivity contribution in [3.8, 4) is 0 Å². The Bertz CT molecular complexity index is 343. The quantitative estimate of drug-likeness (QED) is 0.646. The third-order valence-corrected chi connectivity index (χ3v) is 2.86. The van der Waals surface area contributed by atoms with Crippen molar-refractivity contribution in [1.82, 2.24) is 0 Å². The minimum Gasteiger partial charge on any atom is -0.381 e. The summed E-state index contributed by atoms with van der Waals surface area (Å²) in [6.45, 7) is 5.04. The maximum absolute atomic E-state index is 5.86. The molecule has 0 aliphatic heterocycles. The van der Waals surface area contributed by atoms with Crippen LogP contribution in [0.25, 0.3) is 0 Å². The molecule has 1 nitrogen and oxygen atoms in total. The molecule has 0 unspecified atom stereocenters. The Morgan fingerprint density at radius 2 is 2.21 bits per heavy atom. The van der Waals surface area contributed by atoms with Crippen molar-refractivity contribution in [3.05, 3.63) is 38.4 Å². The highest BCUT2D eigenvalue weighted by Gasteiger charge is 1.98. The molecule has 0 saturated carbocycles. The third kappa shape index (κ3) is 3.88. The largest absolute Gasteiger partial charge is 0.381 e. The Morgan fingerprint density at radius 3 is 2.79 bits per heavy atom. The van der Waals surface area contributed by atoms with Crippen LogP contribution < -0.4 is 5.32 Å². The van der Waals surface area contributed by atoms with Gasteiger partial charge >= 0.3 is 0 Å². The fourth-order valence-corrected chi connectivity index (χ4v) is 2.06. The van der Waals surface area contributed by atoms with Crippen molar-refractivity contribution in [2.24, 2.45) is 0 Å². The van der Waals surface area contributed by atoms with Crippen molar-refractivity contribution < 1.29 is 0 Å². The highest BCUT2D eigenvalue weighted by molar-refractivity contribution is 14.1. The molecule has 1 rings (SSSR count). The summed E-state index contributed by atoms with van der Waals surface area (Å²) in [4.78, 5) is 0. The number of benzene rings is 1. The van der Waals surface area contributed by atoms with E-state index in [0.29, 0.717) is 0 Å². The standard InChI is InChI=1S/C11H13ClIN/c1-8(2)5-6-14-11-4-3-9(12)7-10(11)13/h3-5,7,14H,6H2,1-2H3. The lowest BCUT2D eigenvalue weighted by molar-refractivity contribution is 1.26. The monoisotopic (exact) mass is 321 g/mol. The molecule has 0 aliphatic carbocycles. The van der Waals surface area contributed by atoms with Gasteiger partial charge < -0.3 is 5.32 Å². The van der Waals surface area contributed by atoms with E-state index in [-0.39, 0.29) is 0 Å². The van der Waals surface area contributed by atoms with Crippen LogP contribution in [0.5, 0.6) is 0 Å². The minimum atomic E-state index is 0.780. The van der Waals surface area contributed by atoms with Gasteiger partial charge in [0.05, 0.1) is 0 Å². The molecular weight excluding hydrogens is 308 g/mol. The van der Waals surface area contributed by atoms with Crippen molar-refractivity contribution in [3.63, 3.8) is 0 Å². The molecule has 3 heteroatoms. The van der Waals surface area contributed by atoms with Gasteiger partial charge in [0.1, 0.15) is 0 Å². The summed E-state index contributed by atoms with van der Waals surface area (Å²) in [5, 5.41) is 4.11. The number of anilines is 1. The van der Waals surface area contributed by atoms with Crippen LogP contribution in [-0.4, -0.2) is 6.54 Å². The highest BCUT2D eigenvalue weighted by atomic mass is 127. The molecule has 0 saturated heterocycles. The van der Waals surface area contributed by atoms with Gasteiger partial charge in [-0.1, -0.05) is 23.3 Å². The predicted molar refractivity (Wildman–Crippen MR) is 72.1 cm³/mol. The maximum atomic E-state index is 5.86. The van der Waals surface area contributed by atoms with Crippen molar-refractivity contribution in [2.45, 2.75) is 13.8 Å². The van der Waals surface area contributed by atoms with Gasteiger partial charge in [-0.25, -0.2) is 0 Å². The Kier molecular flexibility index (Phi) is 4.75. The minimum absolute atomic E-state index is 0.780. The zero-order valence-corrected chi connectivity index (χ0v) is 11.2. The van der Waals surface area contributed by atoms with E-state index in [1.807, 2.05) is 18.2 Å². The molecule has 0 bridgehead atoms. The highest BCUT2D eigenvalue weighted by Crippen LogP contribution is 2.21. The van der Waals surface area contributed by atoms with Gasteiger partial charge in [0.15, 0.2) is 0 Å². The van der Waals surface area contributed by atoms with Crippen LogP contribution in [0.15, 0.2) is 29.8 Å². The van der Waals surface area contributed by atoms with Crippen molar-refractivity contribution >= 4 is 39.9 Å². The first-order chi connectivity index (χ1) is 6.59. The van der Waals surface area contributed by atoms with E-state index >= 15 is 0 Å². The number of allylic oxidation sites excluding steroid dienone is 1. The van der Waals surface area contributed by atoms with E-state index in [4.69, 9.17) is 11.6 Å². The van der Waals surface area contributed by atoms with Gasteiger partial charge in [-0.15, -0.1) is 0 Å². The van der Waals surface area contributed by atoms with E-state index in [0.717, 1.165) is 20.8 Å². The fourth-order valence-electron chi connectivity index (χ4n) is 0.998. The molecule has 1 aromatic carbocycles. The Morgan fingerprint density at radius 1 is 1.50 bits per heavy atom. The second kappa shape index (κ2) is 5.61. The van der Waals surface area contributed by atoms with Gasteiger partial charge in [0, 0.05) is 20.8 Å². The zero-order chi connectivity index (χ0) is 10.6. The zero-order valence-electron chi connectivity index (χ0n) is 8.27. The Hall–Kier alpha value is -0.220. The van der Waals surface area contributed by atoms with E-state index in [1.54, 1.807) is 0 Å². The summed E-state index contributed by atoms with van der Waals surface area (Å²) < 4.78 is 1.15. The number of nitrogens with one attached hydrogen (secondary N) is 1. The molecule has 1 N–H and O–H groups in total. The van der Waals surface area contributed by atoms with Crippen LogP contribution in [0.3, 0.4) is 0 Å². The molecule has 0 amide bonds. The topological polar surface area (TPSA) is 12.0 Å². The molecular formula is C11H13ClIN. The van der Waals surface area contributed by atoms with E-state index < -0.39 is 0 Å². The lowest BCUT2D eigenvalue weighted by Crippen LogP contribution is -2.00. The average Bonchev–Trinajstić information content (AvgIpc) is 2.08. The van der Waals surface area contributed by atoms with E-state index in [2.05, 4.69) is 47.8 Å². The summed E-state index contributed by atoms with van der Waals surface area (Å²) >= 11 is 8.13. The van der Waals surface area contributed by atoms with Crippen LogP contribution in [0.4, 0.5) is 5.69 Å². The van der Waals surface area contributed by atoms with E-state index in [9.17, 15) is 0 Å². The molecule has 0 aliphatic rings. The summed E-state index contributed by atoms with van der Waals surface area (Å²) in [5.74, 6) is 0. The van der Waals surface area contributed by atoms with Crippen LogP contribution >= 0.6 is 34.2 Å². The number of halogens is 2. The van der Waals surface area contributed by atoms with Crippen LogP contribution in [0.1, 0.15) is 13.8 Å². The first-order valence-electron chi connectivity index (χ1n) is 4.42. The summed E-state index contributed by atoms with van der Waals surface area (Å²) in [7, 11) is 0. The van der Waals surface area contributed by atoms with Gasteiger partial charge in [-0.2, -0.15) is 0 Å². The Labute approximate surface area is 104 Å². The first-order valence-corrected chi connectivity index (χ1v) is 5.87. The fraction of sp³-hybridized carbons (Fsp3) is 0.273. The SMILES string of the molecule is CC(C)=CCNc1ccc(Cl)cc1I. The molecule has 1 aromatic rings. The number of rotatable bonds is 3. The first kappa shape index (κ1) is 11.9. The van der Waals surface area contributed by atoms with Crippen LogP contribution in [0.2, 0.25) is 5.02 Å². The van der Waals surface area contributed by atoms with Crippen molar-refractivity contribution in [2.75, 3.05) is 11.9 Å². The molecule has 0 heterocycles. The molecule has 0 fully saturated rings. The molecule has 0 radical (unpaired) electrons. The number of hydrogen-bond acceptors (Lipinski definition) is 1. The molecule has 14 heavy (non-hydrogen) atoms. The number of hydrogen-bond donors (Lipinski definition) is 1. The maximum Gasteiger partial charge on any atom is 0.0479 e. The lowest BCUT2D eigenvalue weighted by Gasteiger charge is -2.06. The normalized spacial score (nSPS) is 9.71. The van der Waals surface area contributed by atoms with Crippen molar-refractivity contribution in [1.29, 1.82) is 0 Å². The summed E-state index contributed by atoms with van der Waals surface area (Å²) in [5.41, 5.74) is 2.45. The van der Waals surface area contributed by atoms with Crippen LogP contribution in [-0.2, 0) is 0 Å². The molecule has 0 aromatic heterocycles. The average molecular weight is 322 g/mol. The van der Waals surface area contributed by atoms with Gasteiger partial charge in [0.25, 0.3) is 0 Å². The van der Waals surface area contributed by atoms with E-state index in [1.165, 1.54) is 5.57 Å².